The van der Waals surface area contributed by atoms with Gasteiger partial charge in [0.05, 0.1) is 0 Å². The van der Waals surface area contributed by atoms with Gasteiger partial charge in [0, 0.05) is 0 Å². The van der Waals surface area contributed by atoms with Gasteiger partial charge < -0.3 is 0 Å². The summed E-state index contributed by atoms with van der Waals surface area (Å²) in [6.45, 7) is 0. The monoisotopic (exact) mass is 342 g/mol. The van der Waals surface area contributed by atoms with Crippen LogP contribution in [0.3, 0.4) is 0 Å². The van der Waals surface area contributed by atoms with E-state index < -0.39 is 27.0 Å². The van der Waals surface area contributed by atoms with E-state index in [4.69, 9.17) is 6.65 Å². The smallest absolute Gasteiger partial charge is 0.0134 e. The standard InChI is InChI=1S/C18H15P.2O.Ti/c1-4-10-16(11-5-1)19(17-12-6-2-7-13-17)18-14-8-3-9-15-18;;;/h1-15H;;;. The second kappa shape index (κ2) is 9.43. The first-order valence-corrected chi connectivity index (χ1v) is 9.43. The van der Waals surface area contributed by atoms with E-state index in [2.05, 4.69) is 91.0 Å². The molecule has 0 saturated carbocycles. The van der Waals surface area contributed by atoms with Crippen molar-refractivity contribution >= 4 is 23.8 Å². The minimum Gasteiger partial charge on any atom is -0.0622 e. The molecule has 22 heavy (non-hydrogen) atoms. The molecule has 0 aromatic heterocycles. The Morgan fingerprint density at radius 3 is 0.955 bits per heavy atom. The van der Waals surface area contributed by atoms with Crippen molar-refractivity contribution in [3.8, 4) is 0 Å². The van der Waals surface area contributed by atoms with Crippen LogP contribution in [0.1, 0.15) is 0 Å². The summed E-state index contributed by atoms with van der Waals surface area (Å²) in [5, 5.41) is 4.19. The van der Waals surface area contributed by atoms with Crippen molar-refractivity contribution in [2.75, 3.05) is 0 Å². The molecule has 0 aliphatic heterocycles. The van der Waals surface area contributed by atoms with Gasteiger partial charge in [-0.05, 0) is 23.8 Å². The van der Waals surface area contributed by atoms with Crippen molar-refractivity contribution in [2.24, 2.45) is 0 Å². The maximum Gasteiger partial charge on any atom is -0.0134 e. The van der Waals surface area contributed by atoms with E-state index in [1.165, 1.54) is 15.9 Å². The third-order valence-corrected chi connectivity index (χ3v) is 5.49. The zero-order valence-electron chi connectivity index (χ0n) is 11.9. The van der Waals surface area contributed by atoms with Crippen LogP contribution in [-0.2, 0) is 25.7 Å². The number of rotatable bonds is 3. The van der Waals surface area contributed by atoms with Gasteiger partial charge in [0.2, 0.25) is 0 Å². The quantitative estimate of drug-likeness (QED) is 0.541. The van der Waals surface area contributed by atoms with Gasteiger partial charge >= 0.3 is 25.7 Å². The molecule has 3 aromatic rings. The van der Waals surface area contributed by atoms with Gasteiger partial charge in [0.25, 0.3) is 0 Å². The average molecular weight is 342 g/mol. The van der Waals surface area contributed by atoms with Gasteiger partial charge in [0.1, 0.15) is 0 Å². The molecule has 2 nitrogen and oxygen atoms in total. The van der Waals surface area contributed by atoms with E-state index in [1.807, 2.05) is 0 Å². The summed E-state index contributed by atoms with van der Waals surface area (Å²) in [4.78, 5) is 0. The fraction of sp³-hybridized carbons (Fsp3) is 0. The van der Waals surface area contributed by atoms with E-state index in [9.17, 15) is 0 Å². The van der Waals surface area contributed by atoms with Crippen LogP contribution in [0.5, 0.6) is 0 Å². The summed E-state index contributed by atoms with van der Waals surface area (Å²) >= 11 is -2.00. The van der Waals surface area contributed by atoms with Crippen LogP contribution in [-0.4, -0.2) is 0 Å². The molecule has 0 atom stereocenters. The van der Waals surface area contributed by atoms with Crippen LogP contribution < -0.4 is 15.9 Å². The Balaban J connectivity index is 0.000000545. The largest absolute Gasteiger partial charge is 0.0622 e. The Hall–Kier alpha value is -1.60. The Kier molecular flexibility index (Phi) is 7.19. The SMILES string of the molecule is [O]=[Ti]=[O].c1ccc(P(c2ccccc2)c2ccccc2)cc1. The molecule has 0 saturated heterocycles. The molecule has 0 spiro atoms. The molecule has 0 aliphatic rings. The van der Waals surface area contributed by atoms with Crippen molar-refractivity contribution in [3.05, 3.63) is 91.0 Å². The molecule has 0 bridgehead atoms. The molecule has 0 aliphatic carbocycles. The molecule has 3 aromatic carbocycles. The van der Waals surface area contributed by atoms with Crippen LogP contribution in [0.25, 0.3) is 0 Å². The molecular weight excluding hydrogens is 327 g/mol. The molecule has 0 unspecified atom stereocenters. The van der Waals surface area contributed by atoms with Gasteiger partial charge in [-0.3, -0.25) is 0 Å². The molecule has 0 amide bonds. The van der Waals surface area contributed by atoms with E-state index in [0.29, 0.717) is 0 Å². The summed E-state index contributed by atoms with van der Waals surface area (Å²) in [5.41, 5.74) is 0. The van der Waals surface area contributed by atoms with Gasteiger partial charge in [0.15, 0.2) is 0 Å². The van der Waals surface area contributed by atoms with Gasteiger partial charge in [-0.2, -0.15) is 0 Å². The van der Waals surface area contributed by atoms with Crippen molar-refractivity contribution in [3.63, 3.8) is 0 Å². The summed E-state index contributed by atoms with van der Waals surface area (Å²) in [6.07, 6.45) is 0. The molecule has 0 N–H and O–H groups in total. The predicted molar refractivity (Wildman–Crippen MR) is 86.5 cm³/mol. The Morgan fingerprint density at radius 1 is 0.500 bits per heavy atom. The Bertz CT molecular complexity index is 618. The van der Waals surface area contributed by atoms with Crippen molar-refractivity contribution in [1.82, 2.24) is 0 Å². The minimum absolute atomic E-state index is 0.446. The van der Waals surface area contributed by atoms with Crippen molar-refractivity contribution in [1.29, 1.82) is 0 Å². The fourth-order valence-electron chi connectivity index (χ4n) is 2.18. The molecule has 3 rings (SSSR count). The Morgan fingerprint density at radius 2 is 0.727 bits per heavy atom. The predicted octanol–water partition coefficient (Wildman–Crippen LogP) is 3.20. The van der Waals surface area contributed by atoms with Crippen LogP contribution in [0, 0.1) is 0 Å². The zero-order chi connectivity index (χ0) is 15.6. The molecular formula is C18H15O2PTi. The van der Waals surface area contributed by atoms with E-state index in [1.54, 1.807) is 0 Å². The zero-order valence-corrected chi connectivity index (χ0v) is 14.4. The normalized spacial score (nSPS) is 9.50. The summed E-state index contributed by atoms with van der Waals surface area (Å²) in [6, 6.07) is 32.3. The van der Waals surface area contributed by atoms with Crippen LogP contribution in [0.4, 0.5) is 0 Å². The summed E-state index contributed by atoms with van der Waals surface area (Å²) < 4.78 is 17.0. The molecule has 108 valence electrons. The van der Waals surface area contributed by atoms with E-state index in [-0.39, 0.29) is 0 Å². The first-order valence-electron chi connectivity index (χ1n) is 6.81. The average Bonchev–Trinajstić information content (AvgIpc) is 2.59. The first kappa shape index (κ1) is 16.8. The van der Waals surface area contributed by atoms with E-state index in [0.717, 1.165) is 0 Å². The van der Waals surface area contributed by atoms with E-state index >= 15 is 0 Å². The van der Waals surface area contributed by atoms with Crippen molar-refractivity contribution < 1.29 is 25.7 Å². The third-order valence-electron chi connectivity index (χ3n) is 3.04. The second-order valence-corrected chi connectivity index (χ2v) is 6.91. The van der Waals surface area contributed by atoms with Gasteiger partial charge in [-0.1, -0.05) is 91.0 Å². The van der Waals surface area contributed by atoms with Gasteiger partial charge in [-0.25, -0.2) is 0 Å². The maximum absolute atomic E-state index is 8.50. The minimum atomic E-state index is -2.00. The molecule has 0 radical (unpaired) electrons. The topological polar surface area (TPSA) is 34.1 Å². The van der Waals surface area contributed by atoms with Crippen LogP contribution in [0.15, 0.2) is 91.0 Å². The number of hydrogen-bond donors (Lipinski definition) is 0. The van der Waals surface area contributed by atoms with Crippen LogP contribution >= 0.6 is 7.92 Å². The number of hydrogen-bond acceptors (Lipinski definition) is 2. The summed E-state index contributed by atoms with van der Waals surface area (Å²) in [5.74, 6) is 0. The molecule has 4 heteroatoms. The van der Waals surface area contributed by atoms with Crippen LogP contribution in [0.2, 0.25) is 0 Å². The summed E-state index contributed by atoms with van der Waals surface area (Å²) in [7, 11) is -0.446. The van der Waals surface area contributed by atoms with Gasteiger partial charge in [-0.15, -0.1) is 0 Å². The second-order valence-electron chi connectivity index (χ2n) is 4.43. The fourth-order valence-corrected chi connectivity index (χ4v) is 4.48. The Labute approximate surface area is 140 Å². The first-order chi connectivity index (χ1) is 10.9. The molecule has 0 fully saturated rings. The maximum atomic E-state index is 8.50. The number of benzene rings is 3. The molecule has 0 heterocycles. The van der Waals surface area contributed by atoms with Crippen molar-refractivity contribution in [2.45, 2.75) is 0 Å². The third kappa shape index (κ3) is 4.71.